The van der Waals surface area contributed by atoms with E-state index in [-0.39, 0.29) is 0 Å². The van der Waals surface area contributed by atoms with Crippen LogP contribution in [-0.2, 0) is 11.2 Å². The van der Waals surface area contributed by atoms with Gasteiger partial charge >= 0.3 is 0 Å². The molecule has 26 heavy (non-hydrogen) atoms. The number of aromatic nitrogens is 2. The molecule has 2 rings (SSSR count). The number of guanidine groups is 1. The minimum atomic E-state index is 0.492. The van der Waals surface area contributed by atoms with Gasteiger partial charge in [-0.05, 0) is 12.8 Å². The Bertz CT molecular complexity index is 538. The van der Waals surface area contributed by atoms with Gasteiger partial charge in [0.25, 0.3) is 0 Å². The molecule has 1 saturated heterocycles. The zero-order valence-electron chi connectivity index (χ0n) is 16.6. The molecule has 1 atom stereocenters. The van der Waals surface area contributed by atoms with Crippen molar-refractivity contribution in [3.8, 4) is 0 Å². The van der Waals surface area contributed by atoms with E-state index in [0.29, 0.717) is 36.6 Å². The molecule has 0 bridgehead atoms. The quantitative estimate of drug-likeness (QED) is 0.502. The first-order valence-electron chi connectivity index (χ1n) is 9.73. The fourth-order valence-corrected chi connectivity index (χ4v) is 3.49. The van der Waals surface area contributed by atoms with Crippen LogP contribution in [0.4, 0.5) is 0 Å². The molecule has 148 valence electrons. The summed E-state index contributed by atoms with van der Waals surface area (Å²) in [6, 6.07) is 0.492. The lowest BCUT2D eigenvalue weighted by atomic mass is 9.92. The molecule has 1 fully saturated rings. The van der Waals surface area contributed by atoms with Crippen LogP contribution in [0.15, 0.2) is 9.52 Å². The van der Waals surface area contributed by atoms with Crippen LogP contribution in [0.3, 0.4) is 0 Å². The maximum absolute atomic E-state index is 5.52. The molecule has 1 aromatic rings. The number of rotatable bonds is 9. The molecule has 8 heteroatoms. The lowest BCUT2D eigenvalue weighted by molar-refractivity contribution is 0.00272. The summed E-state index contributed by atoms with van der Waals surface area (Å²) in [6.45, 7) is 11.6. The second-order valence-electron chi connectivity index (χ2n) is 6.66. The van der Waals surface area contributed by atoms with Crippen LogP contribution < -0.4 is 10.6 Å². The summed E-state index contributed by atoms with van der Waals surface area (Å²) < 4.78 is 10.7. The van der Waals surface area contributed by atoms with Crippen LogP contribution in [-0.4, -0.2) is 73.5 Å². The average Bonchev–Trinajstić information content (AvgIpc) is 3.09. The maximum Gasteiger partial charge on any atom is 0.228 e. The van der Waals surface area contributed by atoms with Crippen molar-refractivity contribution in [2.24, 2.45) is 10.9 Å². The van der Waals surface area contributed by atoms with E-state index >= 15 is 0 Å². The summed E-state index contributed by atoms with van der Waals surface area (Å²) in [6.07, 6.45) is 3.05. The number of hydrogen-bond acceptors (Lipinski definition) is 6. The Morgan fingerprint density at radius 1 is 1.23 bits per heavy atom. The molecule has 2 heterocycles. The van der Waals surface area contributed by atoms with Gasteiger partial charge < -0.3 is 19.9 Å². The third kappa shape index (κ3) is 6.25. The highest BCUT2D eigenvalue weighted by molar-refractivity contribution is 5.79. The molecular formula is C18H34N6O2. The Labute approximate surface area is 156 Å². The number of aliphatic imine (C=N–C) groups is 1. The molecule has 2 N–H and O–H groups in total. The number of aryl methyl sites for hydroxylation is 1. The number of hydrogen-bond donors (Lipinski definition) is 2. The minimum absolute atomic E-state index is 0.492. The smallest absolute Gasteiger partial charge is 0.228 e. The largest absolute Gasteiger partial charge is 0.379 e. The average molecular weight is 367 g/mol. The standard InChI is InChI=1S/C18H34N6O2/c1-5-15(6-2)16(24-9-11-25-12-10-24)13-21-18(19-4)20-8-7-17-22-14(3)23-26-17/h15-16H,5-13H2,1-4H3,(H2,19,20,21). The predicted molar refractivity (Wildman–Crippen MR) is 102 cm³/mol. The van der Waals surface area contributed by atoms with Gasteiger partial charge in [-0.15, -0.1) is 0 Å². The number of ether oxygens (including phenoxy) is 1. The van der Waals surface area contributed by atoms with Gasteiger partial charge in [0, 0.05) is 45.7 Å². The Hall–Kier alpha value is -1.67. The first-order chi connectivity index (χ1) is 12.7. The molecule has 1 aliphatic rings. The molecule has 0 radical (unpaired) electrons. The van der Waals surface area contributed by atoms with E-state index in [2.05, 4.69) is 44.5 Å². The first-order valence-corrected chi connectivity index (χ1v) is 9.73. The van der Waals surface area contributed by atoms with Crippen molar-refractivity contribution >= 4 is 5.96 Å². The van der Waals surface area contributed by atoms with Crippen LogP contribution in [0.5, 0.6) is 0 Å². The Morgan fingerprint density at radius 2 is 1.96 bits per heavy atom. The van der Waals surface area contributed by atoms with Gasteiger partial charge in [-0.2, -0.15) is 4.98 Å². The monoisotopic (exact) mass is 366 g/mol. The fraction of sp³-hybridized carbons (Fsp3) is 0.833. The molecule has 1 aliphatic heterocycles. The van der Waals surface area contributed by atoms with E-state index in [9.17, 15) is 0 Å². The summed E-state index contributed by atoms with van der Waals surface area (Å²) >= 11 is 0. The van der Waals surface area contributed by atoms with Gasteiger partial charge in [0.15, 0.2) is 11.8 Å². The van der Waals surface area contributed by atoms with Crippen LogP contribution in [0.1, 0.15) is 38.4 Å². The molecule has 1 unspecified atom stereocenters. The van der Waals surface area contributed by atoms with Crippen molar-refractivity contribution < 1.29 is 9.26 Å². The molecule has 0 aliphatic carbocycles. The molecule has 0 aromatic carbocycles. The first kappa shape index (κ1) is 20.6. The Kier molecular flexibility index (Phi) is 8.84. The van der Waals surface area contributed by atoms with Crippen molar-refractivity contribution in [2.45, 2.75) is 46.1 Å². The fourth-order valence-electron chi connectivity index (χ4n) is 3.49. The molecule has 1 aromatic heterocycles. The third-order valence-electron chi connectivity index (χ3n) is 5.01. The van der Waals surface area contributed by atoms with Gasteiger partial charge in [-0.1, -0.05) is 31.8 Å². The zero-order chi connectivity index (χ0) is 18.8. The summed E-state index contributed by atoms with van der Waals surface area (Å²) in [5, 5.41) is 10.6. The predicted octanol–water partition coefficient (Wildman–Crippen LogP) is 1.22. The van der Waals surface area contributed by atoms with Crippen LogP contribution in [0.25, 0.3) is 0 Å². The SMILES string of the molecule is CCC(CC)C(CNC(=NC)NCCc1nc(C)no1)N1CCOCC1. The number of nitrogens with one attached hydrogen (secondary N) is 2. The second kappa shape index (κ2) is 11.1. The Balaban J connectivity index is 1.83. The van der Waals surface area contributed by atoms with E-state index in [4.69, 9.17) is 9.26 Å². The van der Waals surface area contributed by atoms with E-state index in [1.165, 1.54) is 12.8 Å². The van der Waals surface area contributed by atoms with Crippen molar-refractivity contribution in [3.63, 3.8) is 0 Å². The second-order valence-corrected chi connectivity index (χ2v) is 6.66. The number of morpholine rings is 1. The minimum Gasteiger partial charge on any atom is -0.379 e. The zero-order valence-corrected chi connectivity index (χ0v) is 16.6. The van der Waals surface area contributed by atoms with E-state index in [0.717, 1.165) is 38.8 Å². The molecule has 8 nitrogen and oxygen atoms in total. The normalized spacial score (nSPS) is 17.5. The summed E-state index contributed by atoms with van der Waals surface area (Å²) in [5.74, 6) is 2.79. The topological polar surface area (TPSA) is 87.8 Å². The van der Waals surface area contributed by atoms with Gasteiger partial charge in [0.2, 0.25) is 5.89 Å². The summed E-state index contributed by atoms with van der Waals surface area (Å²) in [4.78, 5) is 11.1. The van der Waals surface area contributed by atoms with E-state index in [1.807, 2.05) is 6.92 Å². The molecule has 0 spiro atoms. The highest BCUT2D eigenvalue weighted by Crippen LogP contribution is 2.19. The van der Waals surface area contributed by atoms with Crippen molar-refractivity contribution in [1.82, 2.24) is 25.7 Å². The lowest BCUT2D eigenvalue weighted by Crippen LogP contribution is -2.53. The van der Waals surface area contributed by atoms with Gasteiger partial charge in [-0.3, -0.25) is 9.89 Å². The van der Waals surface area contributed by atoms with Crippen LogP contribution in [0, 0.1) is 12.8 Å². The Morgan fingerprint density at radius 3 is 2.54 bits per heavy atom. The molecule has 0 saturated carbocycles. The third-order valence-corrected chi connectivity index (χ3v) is 5.01. The van der Waals surface area contributed by atoms with Crippen LogP contribution in [0.2, 0.25) is 0 Å². The van der Waals surface area contributed by atoms with Crippen LogP contribution >= 0.6 is 0 Å². The van der Waals surface area contributed by atoms with E-state index in [1.54, 1.807) is 7.05 Å². The molecule has 0 amide bonds. The highest BCUT2D eigenvalue weighted by atomic mass is 16.5. The maximum atomic E-state index is 5.52. The highest BCUT2D eigenvalue weighted by Gasteiger charge is 2.26. The summed E-state index contributed by atoms with van der Waals surface area (Å²) in [5.41, 5.74) is 0. The van der Waals surface area contributed by atoms with Crippen molar-refractivity contribution in [2.75, 3.05) is 46.4 Å². The number of nitrogens with zero attached hydrogens (tertiary/aromatic N) is 4. The van der Waals surface area contributed by atoms with Gasteiger partial charge in [-0.25, -0.2) is 0 Å². The van der Waals surface area contributed by atoms with Gasteiger partial charge in [0.05, 0.1) is 13.2 Å². The van der Waals surface area contributed by atoms with Gasteiger partial charge in [0.1, 0.15) is 0 Å². The van der Waals surface area contributed by atoms with E-state index < -0.39 is 0 Å². The van der Waals surface area contributed by atoms with Crippen molar-refractivity contribution in [3.05, 3.63) is 11.7 Å². The summed E-state index contributed by atoms with van der Waals surface area (Å²) in [7, 11) is 1.80. The van der Waals surface area contributed by atoms with Crippen molar-refractivity contribution in [1.29, 1.82) is 0 Å². The lowest BCUT2D eigenvalue weighted by Gasteiger charge is -2.39. The molecular weight excluding hydrogens is 332 g/mol.